The van der Waals surface area contributed by atoms with Gasteiger partial charge in [-0.15, -0.1) is 11.8 Å². The molecule has 0 heterocycles. The summed E-state index contributed by atoms with van der Waals surface area (Å²) in [6.45, 7) is 1.67. The summed E-state index contributed by atoms with van der Waals surface area (Å²) in [7, 11) is 0. The first kappa shape index (κ1) is 7.27. The average Bonchev–Trinajstić information content (AvgIpc) is 1.69. The largest absolute Gasteiger partial charge is 0.329 e. The van der Waals surface area contributed by atoms with Crippen LogP contribution in [0.5, 0.6) is 0 Å². The highest BCUT2D eigenvalue weighted by molar-refractivity contribution is 7.98. The molecule has 0 saturated carbocycles. The van der Waals surface area contributed by atoms with E-state index in [1.165, 1.54) is 0 Å². The second kappa shape index (κ2) is 6.27. The van der Waals surface area contributed by atoms with Gasteiger partial charge >= 0.3 is 0 Å². The molecular formula is C4H12N2S. The molecule has 0 aromatic rings. The van der Waals surface area contributed by atoms with E-state index in [4.69, 9.17) is 5.73 Å². The summed E-state index contributed by atoms with van der Waals surface area (Å²) in [6, 6.07) is 0. The molecule has 44 valence electrons. The molecule has 0 amide bonds. The minimum Gasteiger partial charge on any atom is -0.329 e. The van der Waals surface area contributed by atoms with E-state index in [2.05, 4.69) is 11.6 Å². The molecule has 0 unspecified atom stereocenters. The SMILES string of the molecule is CSCNCCN. The molecule has 0 aromatic heterocycles. The maximum Gasteiger partial charge on any atom is 0.0415 e. The predicted molar refractivity (Wildman–Crippen MR) is 35.4 cm³/mol. The van der Waals surface area contributed by atoms with Gasteiger partial charge in [0, 0.05) is 19.0 Å². The summed E-state index contributed by atoms with van der Waals surface area (Å²) >= 11 is 1.77. The average molecular weight is 120 g/mol. The lowest BCUT2D eigenvalue weighted by Crippen LogP contribution is -2.21. The Morgan fingerprint density at radius 2 is 2.43 bits per heavy atom. The minimum absolute atomic E-state index is 0.737. The maximum absolute atomic E-state index is 5.20. The quantitative estimate of drug-likeness (QED) is 0.400. The Morgan fingerprint density at radius 1 is 1.71 bits per heavy atom. The molecule has 3 N–H and O–H groups in total. The molecule has 0 rings (SSSR count). The maximum atomic E-state index is 5.20. The summed E-state index contributed by atoms with van der Waals surface area (Å²) in [5.74, 6) is 1.01. The van der Waals surface area contributed by atoms with E-state index in [-0.39, 0.29) is 0 Å². The number of thioether (sulfide) groups is 1. The number of nitrogens with one attached hydrogen (secondary N) is 1. The van der Waals surface area contributed by atoms with Gasteiger partial charge in [0.25, 0.3) is 0 Å². The van der Waals surface area contributed by atoms with Gasteiger partial charge in [-0.3, -0.25) is 0 Å². The van der Waals surface area contributed by atoms with Crippen LogP contribution < -0.4 is 11.1 Å². The summed E-state index contributed by atoms with van der Waals surface area (Å²) in [4.78, 5) is 0. The van der Waals surface area contributed by atoms with E-state index in [0.29, 0.717) is 0 Å². The highest BCUT2D eigenvalue weighted by atomic mass is 32.2. The molecule has 0 aliphatic carbocycles. The Bertz CT molecular complexity index is 28.9. The second-order valence-electron chi connectivity index (χ2n) is 1.22. The molecule has 3 heteroatoms. The third kappa shape index (κ3) is 6.27. The second-order valence-corrected chi connectivity index (χ2v) is 2.09. The molecule has 0 aliphatic rings. The van der Waals surface area contributed by atoms with Crippen LogP contribution in [-0.4, -0.2) is 25.2 Å². The van der Waals surface area contributed by atoms with Crippen molar-refractivity contribution >= 4 is 11.8 Å². The molecule has 0 aliphatic heterocycles. The van der Waals surface area contributed by atoms with Gasteiger partial charge in [0.15, 0.2) is 0 Å². The van der Waals surface area contributed by atoms with Crippen molar-refractivity contribution in [1.82, 2.24) is 5.32 Å². The zero-order valence-corrected chi connectivity index (χ0v) is 5.42. The Morgan fingerprint density at radius 3 is 2.86 bits per heavy atom. The van der Waals surface area contributed by atoms with E-state index in [1.54, 1.807) is 11.8 Å². The zero-order chi connectivity index (χ0) is 5.54. The van der Waals surface area contributed by atoms with E-state index in [9.17, 15) is 0 Å². The number of hydrogen-bond donors (Lipinski definition) is 2. The monoisotopic (exact) mass is 120 g/mol. The molecule has 0 radical (unpaired) electrons. The van der Waals surface area contributed by atoms with Gasteiger partial charge in [-0.2, -0.15) is 0 Å². The van der Waals surface area contributed by atoms with Crippen LogP contribution >= 0.6 is 11.8 Å². The number of nitrogens with two attached hydrogens (primary N) is 1. The molecular weight excluding hydrogens is 108 g/mol. The van der Waals surface area contributed by atoms with Crippen LogP contribution in [0.3, 0.4) is 0 Å². The van der Waals surface area contributed by atoms with E-state index < -0.39 is 0 Å². The topological polar surface area (TPSA) is 38.0 Å². The Balaban J connectivity index is 2.45. The van der Waals surface area contributed by atoms with Crippen molar-refractivity contribution in [3.05, 3.63) is 0 Å². The molecule has 2 nitrogen and oxygen atoms in total. The standard InChI is InChI=1S/C4H12N2S/c1-7-4-6-3-2-5/h6H,2-5H2,1H3. The fourth-order valence-electron chi connectivity index (χ4n) is 0.276. The summed E-state index contributed by atoms with van der Waals surface area (Å²) in [6.07, 6.45) is 2.06. The fourth-order valence-corrected chi connectivity index (χ4v) is 0.625. The van der Waals surface area contributed by atoms with Gasteiger partial charge in [-0.25, -0.2) is 0 Å². The number of rotatable bonds is 4. The lowest BCUT2D eigenvalue weighted by molar-refractivity contribution is 0.785. The zero-order valence-electron chi connectivity index (χ0n) is 4.61. The van der Waals surface area contributed by atoms with Crippen molar-refractivity contribution in [3.63, 3.8) is 0 Å². The Kier molecular flexibility index (Phi) is 6.51. The van der Waals surface area contributed by atoms with Gasteiger partial charge in [0.1, 0.15) is 0 Å². The molecule has 0 fully saturated rings. The first-order valence-electron chi connectivity index (χ1n) is 2.31. The first-order chi connectivity index (χ1) is 3.41. The third-order valence-corrected chi connectivity index (χ3v) is 1.06. The number of hydrogen-bond acceptors (Lipinski definition) is 3. The van der Waals surface area contributed by atoms with Gasteiger partial charge < -0.3 is 11.1 Å². The minimum atomic E-state index is 0.737. The lowest BCUT2D eigenvalue weighted by atomic mass is 10.7. The fraction of sp³-hybridized carbons (Fsp3) is 1.00. The van der Waals surface area contributed by atoms with Gasteiger partial charge in [0.05, 0.1) is 0 Å². The molecule has 0 spiro atoms. The van der Waals surface area contributed by atoms with Crippen molar-refractivity contribution in [3.8, 4) is 0 Å². The molecule has 7 heavy (non-hydrogen) atoms. The van der Waals surface area contributed by atoms with Crippen LogP contribution in [0.4, 0.5) is 0 Å². The normalized spacial score (nSPS) is 9.43. The molecule has 0 atom stereocenters. The van der Waals surface area contributed by atoms with E-state index in [1.807, 2.05) is 0 Å². The summed E-state index contributed by atoms with van der Waals surface area (Å²) in [5.41, 5.74) is 5.20. The highest BCUT2D eigenvalue weighted by Crippen LogP contribution is 1.82. The van der Waals surface area contributed by atoms with Crippen LogP contribution in [0.15, 0.2) is 0 Å². The van der Waals surface area contributed by atoms with Gasteiger partial charge in [-0.1, -0.05) is 0 Å². The van der Waals surface area contributed by atoms with Crippen LogP contribution in [0.2, 0.25) is 0 Å². The van der Waals surface area contributed by atoms with Crippen molar-refractivity contribution in [2.45, 2.75) is 0 Å². The lowest BCUT2D eigenvalue weighted by Gasteiger charge is -1.95. The smallest absolute Gasteiger partial charge is 0.0415 e. The Hall–Kier alpha value is 0.270. The van der Waals surface area contributed by atoms with Gasteiger partial charge in [0.2, 0.25) is 0 Å². The van der Waals surface area contributed by atoms with Crippen molar-refractivity contribution in [1.29, 1.82) is 0 Å². The van der Waals surface area contributed by atoms with Crippen LogP contribution in [-0.2, 0) is 0 Å². The van der Waals surface area contributed by atoms with Crippen molar-refractivity contribution < 1.29 is 0 Å². The van der Waals surface area contributed by atoms with E-state index >= 15 is 0 Å². The van der Waals surface area contributed by atoms with Crippen molar-refractivity contribution in [2.75, 3.05) is 25.2 Å². The Labute approximate surface area is 48.8 Å². The molecule has 0 saturated heterocycles. The van der Waals surface area contributed by atoms with Gasteiger partial charge in [-0.05, 0) is 6.26 Å². The van der Waals surface area contributed by atoms with E-state index in [0.717, 1.165) is 19.0 Å². The summed E-state index contributed by atoms with van der Waals surface area (Å²) in [5, 5.41) is 3.12. The molecule has 0 bridgehead atoms. The predicted octanol–water partition coefficient (Wildman–Crippen LogP) is -0.145. The van der Waals surface area contributed by atoms with Crippen molar-refractivity contribution in [2.24, 2.45) is 5.73 Å². The first-order valence-corrected chi connectivity index (χ1v) is 3.71. The van der Waals surface area contributed by atoms with Crippen LogP contribution in [0, 0.1) is 0 Å². The summed E-state index contributed by atoms with van der Waals surface area (Å²) < 4.78 is 0. The van der Waals surface area contributed by atoms with Crippen LogP contribution in [0.25, 0.3) is 0 Å². The highest BCUT2D eigenvalue weighted by Gasteiger charge is 1.76. The third-order valence-electron chi connectivity index (χ3n) is 0.568. The molecule has 0 aromatic carbocycles. The van der Waals surface area contributed by atoms with Crippen LogP contribution in [0.1, 0.15) is 0 Å².